The first-order valence-electron chi connectivity index (χ1n) is 11.8. The molecule has 4 heterocycles. The first-order valence-corrected chi connectivity index (χ1v) is 11.8. The van der Waals surface area contributed by atoms with Gasteiger partial charge in [0.1, 0.15) is 11.4 Å². The second-order valence-electron chi connectivity index (χ2n) is 8.69. The van der Waals surface area contributed by atoms with E-state index in [1.807, 2.05) is 13.0 Å². The minimum absolute atomic E-state index is 0.0646. The summed E-state index contributed by atoms with van der Waals surface area (Å²) in [6.45, 7) is 2.70. The molecule has 3 aromatic rings. The van der Waals surface area contributed by atoms with Gasteiger partial charge in [-0.05, 0) is 43.5 Å². The third kappa shape index (κ3) is 4.12. The zero-order valence-corrected chi connectivity index (χ0v) is 19.4. The predicted octanol–water partition coefficient (Wildman–Crippen LogP) is 2.46. The normalized spacial score (nSPS) is 18.2. The Morgan fingerprint density at radius 3 is 2.49 bits per heavy atom. The molecule has 9 heteroatoms. The van der Waals surface area contributed by atoms with Crippen molar-refractivity contribution in [2.75, 3.05) is 13.2 Å². The number of carbonyl (C=O) groups excluding carboxylic acids is 2. The van der Waals surface area contributed by atoms with E-state index in [1.165, 1.54) is 33.8 Å². The Bertz CT molecular complexity index is 1350. The van der Waals surface area contributed by atoms with Crippen molar-refractivity contribution in [3.05, 3.63) is 82.3 Å². The van der Waals surface area contributed by atoms with Crippen molar-refractivity contribution in [3.63, 3.8) is 0 Å². The van der Waals surface area contributed by atoms with Gasteiger partial charge in [-0.2, -0.15) is 4.57 Å². The van der Waals surface area contributed by atoms with Gasteiger partial charge in [-0.15, -0.1) is 0 Å². The number of hydrogen-bond acceptors (Lipinski definition) is 4. The minimum Gasteiger partial charge on any atom is -0.376 e. The molecule has 0 radical (unpaired) electrons. The third-order valence-corrected chi connectivity index (χ3v) is 6.33. The van der Waals surface area contributed by atoms with Crippen LogP contribution in [-0.2, 0) is 20.7 Å². The van der Waals surface area contributed by atoms with Crippen LogP contribution >= 0.6 is 0 Å². The summed E-state index contributed by atoms with van der Waals surface area (Å²) in [7, 11) is 0. The standard InChI is InChI=1S/C26H25FN4O4/c1-2-7-20-21(25(33)31(28-20)18-11-9-17(27)10-12-18)22-23(29-13-4-3-5-14-29)26(34)30(24(22)32)16-19-8-6-15-35-19/h3-5,9-14,19H,2,6-8,15-16H2,1H3/p+1. The number of rotatable bonds is 7. The lowest BCUT2D eigenvalue weighted by molar-refractivity contribution is -0.576. The number of halogens is 1. The van der Waals surface area contributed by atoms with Crippen LogP contribution in [-0.4, -0.2) is 45.8 Å². The molecule has 1 saturated heterocycles. The van der Waals surface area contributed by atoms with Gasteiger partial charge in [0.25, 0.3) is 17.2 Å². The van der Waals surface area contributed by atoms with Crippen molar-refractivity contribution in [1.82, 2.24) is 14.7 Å². The van der Waals surface area contributed by atoms with Crippen LogP contribution in [0.3, 0.4) is 0 Å². The van der Waals surface area contributed by atoms with Gasteiger partial charge in [0.15, 0.2) is 12.4 Å². The number of ether oxygens (including phenoxy) is 1. The van der Waals surface area contributed by atoms with Gasteiger partial charge in [-0.25, -0.2) is 9.07 Å². The molecule has 1 atom stereocenters. The number of imide groups is 1. The Balaban J connectivity index is 1.69. The van der Waals surface area contributed by atoms with E-state index in [9.17, 15) is 18.8 Å². The molecule has 8 nitrogen and oxygen atoms in total. The first-order chi connectivity index (χ1) is 17.0. The molecular weight excluding hydrogens is 451 g/mol. The highest BCUT2D eigenvalue weighted by Crippen LogP contribution is 2.31. The van der Waals surface area contributed by atoms with E-state index in [1.54, 1.807) is 29.1 Å². The summed E-state index contributed by atoms with van der Waals surface area (Å²) in [6, 6.07) is 10.8. The van der Waals surface area contributed by atoms with E-state index in [-0.39, 0.29) is 29.5 Å². The second kappa shape index (κ2) is 9.42. The Morgan fingerprint density at radius 2 is 1.83 bits per heavy atom. The van der Waals surface area contributed by atoms with Gasteiger partial charge in [-0.1, -0.05) is 19.4 Å². The van der Waals surface area contributed by atoms with E-state index < -0.39 is 23.2 Å². The Kier molecular flexibility index (Phi) is 6.17. The van der Waals surface area contributed by atoms with Crippen LogP contribution in [0, 0.1) is 5.82 Å². The zero-order chi connectivity index (χ0) is 24.5. The topological polar surface area (TPSA) is 88.3 Å². The van der Waals surface area contributed by atoms with E-state index in [0.29, 0.717) is 30.8 Å². The quantitative estimate of drug-likeness (QED) is 0.418. The molecular formula is C26H26FN4O4+. The maximum Gasteiger partial charge on any atom is 0.327 e. The fourth-order valence-electron chi connectivity index (χ4n) is 4.68. The summed E-state index contributed by atoms with van der Waals surface area (Å²) in [5, 5.41) is 3.09. The number of aromatic nitrogens is 3. The van der Waals surface area contributed by atoms with Crippen molar-refractivity contribution >= 4 is 23.1 Å². The van der Waals surface area contributed by atoms with Crippen LogP contribution in [0.15, 0.2) is 59.7 Å². The monoisotopic (exact) mass is 477 g/mol. The average Bonchev–Trinajstić information content (AvgIpc) is 3.55. The smallest absolute Gasteiger partial charge is 0.327 e. The largest absolute Gasteiger partial charge is 0.376 e. The van der Waals surface area contributed by atoms with Crippen LogP contribution in [0.25, 0.3) is 17.0 Å². The number of nitrogens with one attached hydrogen (secondary N) is 1. The molecule has 180 valence electrons. The molecule has 2 aliphatic heterocycles. The Labute approximate surface area is 201 Å². The number of H-pyrrole nitrogens is 1. The number of pyridine rings is 1. The molecule has 1 aromatic carbocycles. The fraction of sp³-hybridized carbons (Fsp3) is 0.308. The number of nitrogens with zero attached hydrogens (tertiary/aromatic N) is 3. The summed E-state index contributed by atoms with van der Waals surface area (Å²) in [5.74, 6) is -1.40. The van der Waals surface area contributed by atoms with Gasteiger partial charge < -0.3 is 4.74 Å². The first kappa shape index (κ1) is 22.9. The van der Waals surface area contributed by atoms with Crippen LogP contribution in [0.2, 0.25) is 0 Å². The van der Waals surface area contributed by atoms with Crippen molar-refractivity contribution in [3.8, 4) is 5.69 Å². The zero-order valence-electron chi connectivity index (χ0n) is 19.4. The predicted molar refractivity (Wildman–Crippen MR) is 126 cm³/mol. The molecule has 0 aliphatic carbocycles. The average molecular weight is 478 g/mol. The van der Waals surface area contributed by atoms with E-state index >= 15 is 0 Å². The van der Waals surface area contributed by atoms with Crippen LogP contribution < -0.4 is 10.1 Å². The Morgan fingerprint density at radius 1 is 1.09 bits per heavy atom. The molecule has 2 aliphatic rings. The SMILES string of the molecule is CCCc1[nH]n(-c2ccc(F)cc2)c(=O)c1C1=C([n+]2ccccc2)C(=O)N(CC2CCCO2)C1=O. The highest BCUT2D eigenvalue weighted by atomic mass is 19.1. The minimum atomic E-state index is -0.517. The van der Waals surface area contributed by atoms with Crippen LogP contribution in [0.5, 0.6) is 0 Å². The molecule has 35 heavy (non-hydrogen) atoms. The summed E-state index contributed by atoms with van der Waals surface area (Å²) < 4.78 is 22.0. The third-order valence-electron chi connectivity index (χ3n) is 6.33. The van der Waals surface area contributed by atoms with Gasteiger partial charge >= 0.3 is 5.91 Å². The van der Waals surface area contributed by atoms with E-state index in [0.717, 1.165) is 12.8 Å². The summed E-state index contributed by atoms with van der Waals surface area (Å²) in [6.07, 6.45) is 5.98. The number of amides is 2. The van der Waals surface area contributed by atoms with Crippen LogP contribution in [0.4, 0.5) is 4.39 Å². The maximum atomic E-state index is 13.8. The Hall–Kier alpha value is -3.85. The molecule has 2 aromatic heterocycles. The lowest BCUT2D eigenvalue weighted by Crippen LogP contribution is -2.42. The number of aryl methyl sites for hydroxylation is 1. The van der Waals surface area contributed by atoms with Gasteiger partial charge in [0.2, 0.25) is 0 Å². The lowest BCUT2D eigenvalue weighted by Gasteiger charge is -2.18. The molecule has 1 unspecified atom stereocenters. The van der Waals surface area contributed by atoms with E-state index in [2.05, 4.69) is 5.10 Å². The second-order valence-corrected chi connectivity index (χ2v) is 8.69. The van der Waals surface area contributed by atoms with Gasteiger partial charge in [0, 0.05) is 24.4 Å². The summed E-state index contributed by atoms with van der Waals surface area (Å²) >= 11 is 0. The van der Waals surface area contributed by atoms with Crippen LogP contribution in [0.1, 0.15) is 37.4 Å². The van der Waals surface area contributed by atoms with Gasteiger partial charge in [-0.3, -0.25) is 24.4 Å². The fourth-order valence-corrected chi connectivity index (χ4v) is 4.68. The molecule has 1 fully saturated rings. The molecule has 0 saturated carbocycles. The van der Waals surface area contributed by atoms with Gasteiger partial charge in [0.05, 0.1) is 23.9 Å². The maximum absolute atomic E-state index is 13.8. The summed E-state index contributed by atoms with van der Waals surface area (Å²) in [4.78, 5) is 42.2. The molecule has 1 N–H and O–H groups in total. The van der Waals surface area contributed by atoms with Crippen molar-refractivity contribution in [1.29, 1.82) is 0 Å². The van der Waals surface area contributed by atoms with Crippen molar-refractivity contribution in [2.24, 2.45) is 0 Å². The highest BCUT2D eigenvalue weighted by molar-refractivity contribution is 6.44. The number of carbonyl (C=O) groups is 2. The molecule has 0 bridgehead atoms. The number of hydrogen-bond donors (Lipinski definition) is 1. The molecule has 2 amide bonds. The van der Waals surface area contributed by atoms with E-state index in [4.69, 9.17) is 4.74 Å². The molecule has 5 rings (SSSR count). The molecule has 0 spiro atoms. The number of aromatic amines is 1. The number of benzene rings is 1. The highest BCUT2D eigenvalue weighted by Gasteiger charge is 2.48. The summed E-state index contributed by atoms with van der Waals surface area (Å²) in [5.41, 5.74) is 0.872. The lowest BCUT2D eigenvalue weighted by atomic mass is 10.0. The van der Waals surface area contributed by atoms with Crippen molar-refractivity contribution in [2.45, 2.75) is 38.7 Å². The van der Waals surface area contributed by atoms with Crippen molar-refractivity contribution < 1.29 is 23.3 Å².